The van der Waals surface area contributed by atoms with Gasteiger partial charge in [0, 0.05) is 6.20 Å². The summed E-state index contributed by atoms with van der Waals surface area (Å²) < 4.78 is 4.80. The molecule has 92 valence electrons. The maximum Gasteiger partial charge on any atom is 0.328 e. The van der Waals surface area contributed by atoms with Gasteiger partial charge >= 0.3 is 5.97 Å². The molecule has 0 bridgehead atoms. The Hall–Kier alpha value is -1.91. The molecule has 1 atom stereocenters. The van der Waals surface area contributed by atoms with Gasteiger partial charge < -0.3 is 10.1 Å². The third-order valence-corrected chi connectivity index (χ3v) is 2.21. The molecular weight excluding hydrogens is 220 g/mol. The first-order valence-electron chi connectivity index (χ1n) is 5.45. The van der Waals surface area contributed by atoms with E-state index in [4.69, 9.17) is 4.74 Å². The van der Waals surface area contributed by atoms with E-state index in [0.717, 1.165) is 5.56 Å². The molecule has 0 radical (unpaired) electrons. The van der Waals surface area contributed by atoms with Gasteiger partial charge in [-0.15, -0.1) is 0 Å². The van der Waals surface area contributed by atoms with Gasteiger partial charge in [0.05, 0.1) is 6.61 Å². The highest BCUT2D eigenvalue weighted by molar-refractivity contribution is 5.96. The Labute approximate surface area is 100 Å². The Balaban J connectivity index is 2.67. The van der Waals surface area contributed by atoms with E-state index in [9.17, 15) is 9.59 Å². The number of hydrogen-bond donors (Lipinski definition) is 1. The second-order valence-electron chi connectivity index (χ2n) is 3.62. The molecule has 0 aromatic carbocycles. The fourth-order valence-corrected chi connectivity index (χ4v) is 1.31. The zero-order valence-corrected chi connectivity index (χ0v) is 10.2. The Kier molecular flexibility index (Phi) is 4.63. The third-order valence-electron chi connectivity index (χ3n) is 2.21. The van der Waals surface area contributed by atoms with E-state index < -0.39 is 12.0 Å². The van der Waals surface area contributed by atoms with Gasteiger partial charge in [-0.05, 0) is 32.4 Å². The largest absolute Gasteiger partial charge is 0.464 e. The average Bonchev–Trinajstić information content (AvgIpc) is 2.29. The van der Waals surface area contributed by atoms with Gasteiger partial charge in [-0.1, -0.05) is 6.07 Å². The summed E-state index contributed by atoms with van der Waals surface area (Å²) in [6.07, 6.45) is 1.54. The molecule has 1 heterocycles. The summed E-state index contributed by atoms with van der Waals surface area (Å²) >= 11 is 0. The van der Waals surface area contributed by atoms with Crippen molar-refractivity contribution >= 4 is 11.9 Å². The molecule has 1 aromatic heterocycles. The molecule has 1 amide bonds. The molecule has 0 spiro atoms. The second-order valence-corrected chi connectivity index (χ2v) is 3.62. The number of nitrogens with one attached hydrogen (secondary N) is 1. The number of nitrogens with zero attached hydrogens (tertiary/aromatic N) is 1. The molecule has 0 aliphatic heterocycles. The van der Waals surface area contributed by atoms with Crippen LogP contribution >= 0.6 is 0 Å². The topological polar surface area (TPSA) is 68.3 Å². The lowest BCUT2D eigenvalue weighted by Crippen LogP contribution is -2.40. The van der Waals surface area contributed by atoms with E-state index in [0.29, 0.717) is 12.3 Å². The van der Waals surface area contributed by atoms with Gasteiger partial charge in [-0.2, -0.15) is 0 Å². The predicted molar refractivity (Wildman–Crippen MR) is 62.5 cm³/mol. The first-order valence-corrected chi connectivity index (χ1v) is 5.45. The van der Waals surface area contributed by atoms with Gasteiger partial charge in [-0.3, -0.25) is 9.78 Å². The van der Waals surface area contributed by atoms with Crippen molar-refractivity contribution in [3.8, 4) is 0 Å². The van der Waals surface area contributed by atoms with Crippen molar-refractivity contribution in [2.45, 2.75) is 26.8 Å². The zero-order chi connectivity index (χ0) is 12.8. The van der Waals surface area contributed by atoms with Gasteiger partial charge in [0.2, 0.25) is 0 Å². The van der Waals surface area contributed by atoms with Crippen LogP contribution in [0, 0.1) is 6.92 Å². The molecule has 0 aliphatic rings. The van der Waals surface area contributed by atoms with E-state index >= 15 is 0 Å². The van der Waals surface area contributed by atoms with E-state index in [2.05, 4.69) is 10.3 Å². The number of carbonyl (C=O) groups is 2. The summed E-state index contributed by atoms with van der Waals surface area (Å²) in [6.45, 7) is 5.38. The molecule has 17 heavy (non-hydrogen) atoms. The minimum Gasteiger partial charge on any atom is -0.464 e. The maximum atomic E-state index is 11.8. The number of hydrogen-bond acceptors (Lipinski definition) is 4. The first kappa shape index (κ1) is 13.2. The lowest BCUT2D eigenvalue weighted by Gasteiger charge is -2.12. The highest BCUT2D eigenvalue weighted by Gasteiger charge is 2.18. The standard InChI is InChI=1S/C12H16N2O3/c1-4-17-12(16)9(3)14-11(15)10-8(2)6-5-7-13-10/h5-7,9H,4H2,1-3H3,(H,14,15). The second kappa shape index (κ2) is 5.98. The number of rotatable bonds is 4. The number of amides is 1. The minimum absolute atomic E-state index is 0.293. The summed E-state index contributed by atoms with van der Waals surface area (Å²) in [5, 5.41) is 2.55. The number of pyridine rings is 1. The number of carbonyl (C=O) groups excluding carboxylic acids is 2. The van der Waals surface area contributed by atoms with Crippen LogP contribution in [0.3, 0.4) is 0 Å². The molecule has 0 aliphatic carbocycles. The van der Waals surface area contributed by atoms with Crippen LogP contribution in [0.1, 0.15) is 29.9 Å². The van der Waals surface area contributed by atoms with Crippen LogP contribution < -0.4 is 5.32 Å². The highest BCUT2D eigenvalue weighted by Crippen LogP contribution is 2.03. The van der Waals surface area contributed by atoms with Crippen LogP contribution in [0.5, 0.6) is 0 Å². The predicted octanol–water partition coefficient (Wildman–Crippen LogP) is 1.07. The van der Waals surface area contributed by atoms with Crippen molar-refractivity contribution in [2.24, 2.45) is 0 Å². The Morgan fingerprint density at radius 1 is 1.53 bits per heavy atom. The normalized spacial score (nSPS) is 11.7. The number of ether oxygens (including phenoxy) is 1. The molecule has 0 saturated carbocycles. The molecule has 5 heteroatoms. The summed E-state index contributed by atoms with van der Waals surface area (Å²) in [4.78, 5) is 27.1. The van der Waals surface area contributed by atoms with Crippen molar-refractivity contribution in [1.82, 2.24) is 10.3 Å². The van der Waals surface area contributed by atoms with Crippen LogP contribution in [0.4, 0.5) is 0 Å². The maximum absolute atomic E-state index is 11.8. The average molecular weight is 236 g/mol. The van der Waals surface area contributed by atoms with E-state index in [1.165, 1.54) is 6.20 Å². The van der Waals surface area contributed by atoms with E-state index in [1.807, 2.05) is 0 Å². The molecule has 0 fully saturated rings. The molecule has 5 nitrogen and oxygen atoms in total. The number of aromatic nitrogens is 1. The molecule has 1 unspecified atom stereocenters. The molecule has 1 aromatic rings. The van der Waals surface area contributed by atoms with E-state index in [1.54, 1.807) is 32.9 Å². The van der Waals surface area contributed by atoms with Crippen LogP contribution in [0.25, 0.3) is 0 Å². The lowest BCUT2D eigenvalue weighted by atomic mass is 10.2. The monoisotopic (exact) mass is 236 g/mol. The Bertz CT molecular complexity index is 418. The van der Waals surface area contributed by atoms with Crippen molar-refractivity contribution in [3.05, 3.63) is 29.6 Å². The fourth-order valence-electron chi connectivity index (χ4n) is 1.31. The van der Waals surface area contributed by atoms with Gasteiger partial charge in [-0.25, -0.2) is 4.79 Å². The molecule has 1 rings (SSSR count). The van der Waals surface area contributed by atoms with Crippen LogP contribution in [-0.2, 0) is 9.53 Å². The fraction of sp³-hybridized carbons (Fsp3) is 0.417. The molecule has 0 saturated heterocycles. The lowest BCUT2D eigenvalue weighted by molar-refractivity contribution is -0.144. The third kappa shape index (κ3) is 3.55. The summed E-state index contributed by atoms with van der Waals surface area (Å²) in [5.74, 6) is -0.821. The zero-order valence-electron chi connectivity index (χ0n) is 10.2. The van der Waals surface area contributed by atoms with Crippen molar-refractivity contribution in [2.75, 3.05) is 6.61 Å². The van der Waals surface area contributed by atoms with Crippen LogP contribution in [0.2, 0.25) is 0 Å². The van der Waals surface area contributed by atoms with Crippen LogP contribution in [0.15, 0.2) is 18.3 Å². The van der Waals surface area contributed by atoms with Gasteiger partial charge in [0.15, 0.2) is 0 Å². The van der Waals surface area contributed by atoms with Gasteiger partial charge in [0.25, 0.3) is 5.91 Å². The van der Waals surface area contributed by atoms with Crippen LogP contribution in [-0.4, -0.2) is 29.5 Å². The van der Waals surface area contributed by atoms with Gasteiger partial charge in [0.1, 0.15) is 11.7 Å². The quantitative estimate of drug-likeness (QED) is 0.794. The summed E-state index contributed by atoms with van der Waals surface area (Å²) in [7, 11) is 0. The molecule has 1 N–H and O–H groups in total. The minimum atomic E-state index is -0.677. The van der Waals surface area contributed by atoms with Crippen molar-refractivity contribution in [1.29, 1.82) is 0 Å². The summed E-state index contributed by atoms with van der Waals surface area (Å²) in [5.41, 5.74) is 1.09. The summed E-state index contributed by atoms with van der Waals surface area (Å²) in [6, 6.07) is 2.86. The van der Waals surface area contributed by atoms with Crippen molar-refractivity contribution in [3.63, 3.8) is 0 Å². The number of aryl methyl sites for hydroxylation is 1. The highest BCUT2D eigenvalue weighted by atomic mass is 16.5. The Morgan fingerprint density at radius 3 is 2.82 bits per heavy atom. The smallest absolute Gasteiger partial charge is 0.328 e. The van der Waals surface area contributed by atoms with E-state index in [-0.39, 0.29) is 5.91 Å². The number of esters is 1. The SMILES string of the molecule is CCOC(=O)C(C)NC(=O)c1ncccc1C. The first-order chi connectivity index (χ1) is 8.06. The molecular formula is C12H16N2O3. The Morgan fingerprint density at radius 2 is 2.24 bits per heavy atom. The van der Waals surface area contributed by atoms with Crippen molar-refractivity contribution < 1.29 is 14.3 Å².